The lowest BCUT2D eigenvalue weighted by molar-refractivity contribution is 0.0570. The molecule has 1 atom stereocenters. The van der Waals surface area contributed by atoms with E-state index >= 15 is 0 Å². The molecule has 94 valence electrons. The van der Waals surface area contributed by atoms with E-state index in [9.17, 15) is 4.79 Å². The largest absolute Gasteiger partial charge is 0.404 e. The van der Waals surface area contributed by atoms with Gasteiger partial charge < -0.3 is 4.43 Å². The summed E-state index contributed by atoms with van der Waals surface area (Å²) in [6, 6.07) is 9.16. The Morgan fingerprint density at radius 1 is 1.29 bits per heavy atom. The first kappa shape index (κ1) is 14.4. The van der Waals surface area contributed by atoms with E-state index in [0.717, 1.165) is 0 Å². The van der Waals surface area contributed by atoms with Crippen LogP contribution in [0.4, 0.5) is 0 Å². The summed E-state index contributed by atoms with van der Waals surface area (Å²) in [6.45, 7) is 7.93. The van der Waals surface area contributed by atoms with Crippen LogP contribution in [0.25, 0.3) is 0 Å². The molecule has 0 aromatic heterocycles. The molecule has 1 aromatic rings. The maximum Gasteiger partial charge on any atom is 0.194 e. The second-order valence-corrected chi connectivity index (χ2v) is 9.97. The quantitative estimate of drug-likeness (QED) is 0.463. The first-order chi connectivity index (χ1) is 7.78. The summed E-state index contributed by atoms with van der Waals surface area (Å²) in [7, 11) is -1.81. The summed E-state index contributed by atoms with van der Waals surface area (Å²) >= 11 is 5.94. The van der Waals surface area contributed by atoms with E-state index in [4.69, 9.17) is 16.0 Å². The molecular formula is C13H19ClO2Si. The average molecular weight is 271 g/mol. The Balaban J connectivity index is 2.98. The molecule has 0 aliphatic rings. The molecule has 1 aromatic carbocycles. The third-order valence-electron chi connectivity index (χ3n) is 2.30. The highest BCUT2D eigenvalue weighted by atomic mass is 35.5. The van der Waals surface area contributed by atoms with E-state index in [0.29, 0.717) is 5.56 Å². The summed E-state index contributed by atoms with van der Waals surface area (Å²) in [4.78, 5) is 12.4. The Kier molecular flexibility index (Phi) is 4.53. The molecule has 0 aliphatic carbocycles. The minimum Gasteiger partial charge on any atom is -0.404 e. The van der Waals surface area contributed by atoms with Gasteiger partial charge in [-0.05, 0) is 26.6 Å². The van der Waals surface area contributed by atoms with Gasteiger partial charge in [0.2, 0.25) is 0 Å². The standard InChI is InChI=1S/C13H19ClO2Si/c1-13(10-14,16-17(2,3)4)12(15)11-8-6-5-7-9-11/h5-9H,10H2,1-4H3. The van der Waals surface area contributed by atoms with Crippen LogP contribution in [-0.2, 0) is 4.43 Å². The van der Waals surface area contributed by atoms with Gasteiger partial charge in [-0.1, -0.05) is 30.3 Å². The number of Topliss-reactive ketones (excluding diaryl/α,β-unsaturated/α-hetero) is 1. The van der Waals surface area contributed by atoms with Gasteiger partial charge >= 0.3 is 0 Å². The lowest BCUT2D eigenvalue weighted by atomic mass is 9.97. The van der Waals surface area contributed by atoms with Crippen LogP contribution in [0.1, 0.15) is 17.3 Å². The second-order valence-electron chi connectivity index (χ2n) is 5.27. The summed E-state index contributed by atoms with van der Waals surface area (Å²) < 4.78 is 5.95. The zero-order valence-corrected chi connectivity index (χ0v) is 12.5. The second kappa shape index (κ2) is 5.34. The third kappa shape index (κ3) is 3.94. The van der Waals surface area contributed by atoms with Crippen LogP contribution >= 0.6 is 11.6 Å². The molecule has 1 unspecified atom stereocenters. The fourth-order valence-electron chi connectivity index (χ4n) is 1.70. The number of hydrogen-bond donors (Lipinski definition) is 0. The molecule has 0 amide bonds. The van der Waals surface area contributed by atoms with Gasteiger partial charge in [0.25, 0.3) is 0 Å². The van der Waals surface area contributed by atoms with Gasteiger partial charge in [0, 0.05) is 5.56 Å². The predicted octanol–water partition coefficient (Wildman–Crippen LogP) is 3.72. The molecule has 0 saturated carbocycles. The van der Waals surface area contributed by atoms with Crippen molar-refractivity contribution in [1.82, 2.24) is 0 Å². The predicted molar refractivity (Wildman–Crippen MR) is 74.3 cm³/mol. The molecule has 0 fully saturated rings. The van der Waals surface area contributed by atoms with Crippen molar-refractivity contribution in [3.05, 3.63) is 35.9 Å². The van der Waals surface area contributed by atoms with Gasteiger partial charge in [-0.25, -0.2) is 0 Å². The van der Waals surface area contributed by atoms with Crippen LogP contribution in [0.2, 0.25) is 19.6 Å². The SMILES string of the molecule is CC(CCl)(O[Si](C)(C)C)C(=O)c1ccccc1. The number of rotatable bonds is 5. The number of halogens is 1. The Morgan fingerprint density at radius 3 is 2.24 bits per heavy atom. The Bertz CT molecular complexity index is 386. The van der Waals surface area contributed by atoms with Gasteiger partial charge in [0.05, 0.1) is 5.88 Å². The zero-order chi connectivity index (χ0) is 13.1. The summed E-state index contributed by atoms with van der Waals surface area (Å²) in [5, 5.41) is 0. The van der Waals surface area contributed by atoms with Crippen LogP contribution in [0.5, 0.6) is 0 Å². The van der Waals surface area contributed by atoms with Gasteiger partial charge in [-0.15, -0.1) is 11.6 Å². The van der Waals surface area contributed by atoms with E-state index < -0.39 is 13.9 Å². The molecule has 0 heterocycles. The van der Waals surface area contributed by atoms with Crippen LogP contribution in [0.15, 0.2) is 30.3 Å². The molecule has 0 spiro atoms. The highest BCUT2D eigenvalue weighted by molar-refractivity contribution is 6.70. The summed E-state index contributed by atoms with van der Waals surface area (Å²) in [5.74, 6) is 0.126. The van der Waals surface area contributed by atoms with E-state index in [-0.39, 0.29) is 11.7 Å². The molecule has 0 radical (unpaired) electrons. The smallest absolute Gasteiger partial charge is 0.194 e. The maximum atomic E-state index is 12.4. The number of alkyl halides is 1. The highest BCUT2D eigenvalue weighted by Crippen LogP contribution is 2.24. The normalized spacial score (nSPS) is 15.4. The van der Waals surface area contributed by atoms with E-state index in [1.54, 1.807) is 19.1 Å². The van der Waals surface area contributed by atoms with Crippen molar-refractivity contribution in [2.45, 2.75) is 32.2 Å². The number of carbonyl (C=O) groups excluding carboxylic acids is 1. The summed E-state index contributed by atoms with van der Waals surface area (Å²) in [6.07, 6.45) is 0. The summed E-state index contributed by atoms with van der Waals surface area (Å²) in [5.41, 5.74) is -0.276. The maximum absolute atomic E-state index is 12.4. The molecule has 2 nitrogen and oxygen atoms in total. The fraction of sp³-hybridized carbons (Fsp3) is 0.462. The minimum atomic E-state index is -1.81. The van der Waals surface area contributed by atoms with E-state index in [2.05, 4.69) is 19.6 Å². The first-order valence-corrected chi connectivity index (χ1v) is 9.59. The van der Waals surface area contributed by atoms with Gasteiger partial charge in [0.1, 0.15) is 5.60 Å². The molecular weight excluding hydrogens is 252 g/mol. The molecule has 0 saturated heterocycles. The lowest BCUT2D eigenvalue weighted by Gasteiger charge is -2.33. The van der Waals surface area contributed by atoms with Crippen molar-refractivity contribution in [1.29, 1.82) is 0 Å². The molecule has 0 bridgehead atoms. The number of hydrogen-bond acceptors (Lipinski definition) is 2. The minimum absolute atomic E-state index is 0.0458. The number of carbonyl (C=O) groups is 1. The lowest BCUT2D eigenvalue weighted by Crippen LogP contribution is -2.48. The van der Waals surface area contributed by atoms with Crippen molar-refractivity contribution < 1.29 is 9.22 Å². The Hall–Kier alpha value is -0.643. The van der Waals surface area contributed by atoms with Gasteiger partial charge in [0.15, 0.2) is 14.1 Å². The van der Waals surface area contributed by atoms with Crippen molar-refractivity contribution in [2.75, 3.05) is 5.88 Å². The third-order valence-corrected chi connectivity index (χ3v) is 3.88. The van der Waals surface area contributed by atoms with Crippen molar-refractivity contribution in [3.8, 4) is 0 Å². The van der Waals surface area contributed by atoms with Crippen LogP contribution < -0.4 is 0 Å². The topological polar surface area (TPSA) is 26.3 Å². The van der Waals surface area contributed by atoms with E-state index in [1.807, 2.05) is 18.2 Å². The van der Waals surface area contributed by atoms with Crippen molar-refractivity contribution in [3.63, 3.8) is 0 Å². The van der Waals surface area contributed by atoms with Gasteiger partial charge in [-0.2, -0.15) is 0 Å². The highest BCUT2D eigenvalue weighted by Gasteiger charge is 2.38. The van der Waals surface area contributed by atoms with Gasteiger partial charge in [-0.3, -0.25) is 4.79 Å². The molecule has 0 aliphatic heterocycles. The van der Waals surface area contributed by atoms with Crippen molar-refractivity contribution >= 4 is 25.7 Å². The number of benzene rings is 1. The van der Waals surface area contributed by atoms with Crippen LogP contribution in [0.3, 0.4) is 0 Å². The first-order valence-electron chi connectivity index (χ1n) is 5.64. The Morgan fingerprint density at radius 2 is 1.82 bits per heavy atom. The average Bonchev–Trinajstić information content (AvgIpc) is 2.27. The van der Waals surface area contributed by atoms with E-state index in [1.165, 1.54) is 0 Å². The Labute approximate surface area is 109 Å². The monoisotopic (exact) mass is 270 g/mol. The molecule has 17 heavy (non-hydrogen) atoms. The number of ketones is 1. The van der Waals surface area contributed by atoms with Crippen molar-refractivity contribution in [2.24, 2.45) is 0 Å². The molecule has 0 N–H and O–H groups in total. The van der Waals surface area contributed by atoms with Crippen LogP contribution in [-0.4, -0.2) is 25.6 Å². The van der Waals surface area contributed by atoms with Crippen LogP contribution in [0, 0.1) is 0 Å². The fourth-order valence-corrected chi connectivity index (χ4v) is 3.49. The molecule has 1 rings (SSSR count). The molecule has 4 heteroatoms. The zero-order valence-electron chi connectivity index (χ0n) is 10.8.